The molecule has 0 saturated heterocycles. The number of hydrogen-bond acceptors (Lipinski definition) is 1. The Bertz CT molecular complexity index is 164. The van der Waals surface area contributed by atoms with Gasteiger partial charge in [0.05, 0.1) is 0 Å². The van der Waals surface area contributed by atoms with Crippen LogP contribution in [-0.2, 0) is 0 Å². The molecule has 2 saturated carbocycles. The Balaban J connectivity index is 1.97. The molecule has 2 fully saturated rings. The van der Waals surface area contributed by atoms with Crippen LogP contribution in [0, 0.1) is 11.8 Å². The smallest absolute Gasteiger partial charge is 0.0182 e. The van der Waals surface area contributed by atoms with E-state index in [4.69, 9.17) is 5.73 Å². The van der Waals surface area contributed by atoms with E-state index in [0.717, 1.165) is 11.8 Å². The molecule has 0 bridgehead atoms. The second-order valence-electron chi connectivity index (χ2n) is 5.27. The van der Waals surface area contributed by atoms with E-state index in [1.165, 1.54) is 51.4 Å². The van der Waals surface area contributed by atoms with Gasteiger partial charge in [0, 0.05) is 5.54 Å². The summed E-state index contributed by atoms with van der Waals surface area (Å²) in [7, 11) is 0. The molecule has 1 atom stereocenters. The first-order valence-corrected chi connectivity index (χ1v) is 6.01. The van der Waals surface area contributed by atoms with Crippen molar-refractivity contribution < 1.29 is 0 Å². The largest absolute Gasteiger partial charge is 0.325 e. The third-order valence-electron chi connectivity index (χ3n) is 4.27. The molecular weight excluding hydrogens is 158 g/mol. The molecule has 1 nitrogen and oxygen atoms in total. The zero-order valence-corrected chi connectivity index (χ0v) is 8.89. The highest BCUT2D eigenvalue weighted by atomic mass is 14.8. The number of nitrogens with two attached hydrogens (primary N) is 1. The summed E-state index contributed by atoms with van der Waals surface area (Å²) in [5.74, 6) is 1.76. The van der Waals surface area contributed by atoms with Crippen LogP contribution in [0.25, 0.3) is 0 Å². The first kappa shape index (κ1) is 9.51. The molecule has 0 aromatic carbocycles. The normalized spacial score (nSPS) is 30.9. The molecule has 2 rings (SSSR count). The van der Waals surface area contributed by atoms with Gasteiger partial charge in [-0.1, -0.05) is 32.6 Å². The van der Waals surface area contributed by atoms with E-state index in [1.807, 2.05) is 0 Å². The highest BCUT2D eigenvalue weighted by Gasteiger charge is 2.40. The molecule has 13 heavy (non-hydrogen) atoms. The molecule has 1 heteroatoms. The van der Waals surface area contributed by atoms with Gasteiger partial charge in [0.2, 0.25) is 0 Å². The summed E-state index contributed by atoms with van der Waals surface area (Å²) in [6.07, 6.45) is 11.0. The van der Waals surface area contributed by atoms with E-state index < -0.39 is 0 Å². The lowest BCUT2D eigenvalue weighted by atomic mass is 9.77. The van der Waals surface area contributed by atoms with E-state index >= 15 is 0 Å². The van der Waals surface area contributed by atoms with Gasteiger partial charge in [0.15, 0.2) is 0 Å². The first-order valence-electron chi connectivity index (χ1n) is 6.01. The lowest BCUT2D eigenvalue weighted by Crippen LogP contribution is -2.46. The quantitative estimate of drug-likeness (QED) is 0.651. The van der Waals surface area contributed by atoms with Crippen molar-refractivity contribution in [1.82, 2.24) is 0 Å². The van der Waals surface area contributed by atoms with Crippen LogP contribution in [0.2, 0.25) is 0 Å². The van der Waals surface area contributed by atoms with Gasteiger partial charge in [-0.15, -0.1) is 0 Å². The van der Waals surface area contributed by atoms with Crippen LogP contribution < -0.4 is 5.73 Å². The van der Waals surface area contributed by atoms with Gasteiger partial charge in [0.25, 0.3) is 0 Å². The van der Waals surface area contributed by atoms with Gasteiger partial charge in [-0.05, 0) is 37.5 Å². The van der Waals surface area contributed by atoms with Crippen molar-refractivity contribution in [3.8, 4) is 0 Å². The minimum absolute atomic E-state index is 0.206. The first-order chi connectivity index (χ1) is 6.22. The summed E-state index contributed by atoms with van der Waals surface area (Å²) in [5, 5.41) is 0. The third-order valence-corrected chi connectivity index (χ3v) is 4.27. The van der Waals surface area contributed by atoms with Crippen LogP contribution in [0.1, 0.15) is 58.3 Å². The lowest BCUT2D eigenvalue weighted by molar-refractivity contribution is 0.230. The van der Waals surface area contributed by atoms with E-state index in [0.29, 0.717) is 0 Å². The summed E-state index contributed by atoms with van der Waals surface area (Å²) in [4.78, 5) is 0. The highest BCUT2D eigenvalue weighted by molar-refractivity contribution is 4.97. The molecule has 0 aromatic heterocycles. The zero-order valence-electron chi connectivity index (χ0n) is 8.89. The molecule has 0 aliphatic heterocycles. The minimum atomic E-state index is 0.206. The van der Waals surface area contributed by atoms with Crippen molar-refractivity contribution in [3.63, 3.8) is 0 Å². The average Bonchev–Trinajstić information content (AvgIpc) is 2.89. The van der Waals surface area contributed by atoms with Crippen molar-refractivity contribution in [3.05, 3.63) is 0 Å². The molecule has 2 N–H and O–H groups in total. The molecular formula is C12H23N. The van der Waals surface area contributed by atoms with Gasteiger partial charge >= 0.3 is 0 Å². The van der Waals surface area contributed by atoms with Gasteiger partial charge in [-0.2, -0.15) is 0 Å². The van der Waals surface area contributed by atoms with Crippen LogP contribution in [-0.4, -0.2) is 5.54 Å². The predicted octanol–water partition coefficient (Wildman–Crippen LogP) is 3.08. The SMILES string of the molecule is CC(C1CC1)C1(N)CCCCCC1. The van der Waals surface area contributed by atoms with Gasteiger partial charge in [0.1, 0.15) is 0 Å². The lowest BCUT2D eigenvalue weighted by Gasteiger charge is -2.35. The van der Waals surface area contributed by atoms with Gasteiger partial charge in [-0.3, -0.25) is 0 Å². The van der Waals surface area contributed by atoms with Crippen LogP contribution >= 0.6 is 0 Å². The van der Waals surface area contributed by atoms with Crippen molar-refractivity contribution in [2.45, 2.75) is 63.8 Å². The van der Waals surface area contributed by atoms with Gasteiger partial charge < -0.3 is 5.73 Å². The van der Waals surface area contributed by atoms with Crippen molar-refractivity contribution >= 4 is 0 Å². The van der Waals surface area contributed by atoms with Crippen molar-refractivity contribution in [1.29, 1.82) is 0 Å². The summed E-state index contributed by atoms with van der Waals surface area (Å²) >= 11 is 0. The molecule has 1 unspecified atom stereocenters. The Labute approximate surface area is 82.1 Å². The monoisotopic (exact) mass is 181 g/mol. The second-order valence-corrected chi connectivity index (χ2v) is 5.27. The summed E-state index contributed by atoms with van der Waals surface area (Å²) < 4.78 is 0. The van der Waals surface area contributed by atoms with E-state index in [9.17, 15) is 0 Å². The predicted molar refractivity (Wildman–Crippen MR) is 56.5 cm³/mol. The summed E-state index contributed by atoms with van der Waals surface area (Å²) in [5.41, 5.74) is 6.75. The van der Waals surface area contributed by atoms with E-state index in [2.05, 4.69) is 6.92 Å². The molecule has 0 spiro atoms. The fourth-order valence-corrected chi connectivity index (χ4v) is 2.91. The maximum Gasteiger partial charge on any atom is 0.0182 e. The molecule has 0 heterocycles. The highest BCUT2D eigenvalue weighted by Crippen LogP contribution is 2.45. The van der Waals surface area contributed by atoms with Crippen molar-refractivity contribution in [2.24, 2.45) is 17.6 Å². The molecule has 2 aliphatic rings. The molecule has 0 amide bonds. The molecule has 0 aromatic rings. The Morgan fingerprint density at radius 2 is 1.62 bits per heavy atom. The van der Waals surface area contributed by atoms with Crippen LogP contribution in [0.15, 0.2) is 0 Å². The molecule has 0 radical (unpaired) electrons. The maximum absolute atomic E-state index is 6.54. The summed E-state index contributed by atoms with van der Waals surface area (Å²) in [6.45, 7) is 2.39. The zero-order chi connectivity index (χ0) is 9.31. The van der Waals surface area contributed by atoms with Crippen LogP contribution in [0.4, 0.5) is 0 Å². The molecule has 2 aliphatic carbocycles. The number of rotatable bonds is 2. The Morgan fingerprint density at radius 1 is 1.08 bits per heavy atom. The molecule has 76 valence electrons. The fraction of sp³-hybridized carbons (Fsp3) is 1.00. The fourth-order valence-electron chi connectivity index (χ4n) is 2.91. The van der Waals surface area contributed by atoms with Crippen LogP contribution in [0.5, 0.6) is 0 Å². The third kappa shape index (κ3) is 2.07. The van der Waals surface area contributed by atoms with Crippen molar-refractivity contribution in [2.75, 3.05) is 0 Å². The average molecular weight is 181 g/mol. The van der Waals surface area contributed by atoms with E-state index in [1.54, 1.807) is 0 Å². The van der Waals surface area contributed by atoms with Gasteiger partial charge in [-0.25, -0.2) is 0 Å². The second kappa shape index (κ2) is 3.61. The Kier molecular flexibility index (Phi) is 2.64. The Morgan fingerprint density at radius 3 is 2.08 bits per heavy atom. The van der Waals surface area contributed by atoms with E-state index in [-0.39, 0.29) is 5.54 Å². The van der Waals surface area contributed by atoms with Crippen LogP contribution in [0.3, 0.4) is 0 Å². The standard InChI is InChI=1S/C12H23N/c1-10(11-6-7-11)12(13)8-4-2-3-5-9-12/h10-11H,2-9,13H2,1H3. The number of hydrogen-bond donors (Lipinski definition) is 1. The topological polar surface area (TPSA) is 26.0 Å². The maximum atomic E-state index is 6.54. The minimum Gasteiger partial charge on any atom is -0.325 e. The summed E-state index contributed by atoms with van der Waals surface area (Å²) in [6, 6.07) is 0. The Hall–Kier alpha value is -0.0400.